The van der Waals surface area contributed by atoms with Crippen molar-refractivity contribution in [3.63, 3.8) is 0 Å². The molecule has 0 N–H and O–H groups in total. The summed E-state index contributed by atoms with van der Waals surface area (Å²) in [6.45, 7) is 29.8. The van der Waals surface area contributed by atoms with Gasteiger partial charge in [0.2, 0.25) is 0 Å². The predicted molar refractivity (Wildman–Crippen MR) is 114 cm³/mol. The van der Waals surface area contributed by atoms with Crippen LogP contribution < -0.4 is 233 Å². The zero-order valence-corrected chi connectivity index (χ0v) is 37.2. The summed E-state index contributed by atoms with van der Waals surface area (Å²) in [6.07, 6.45) is 4.75. The molecule has 0 aliphatic heterocycles. The van der Waals surface area contributed by atoms with Gasteiger partial charge in [0.1, 0.15) is 0 Å². The maximum atomic E-state index is 3.49. The van der Waals surface area contributed by atoms with Crippen LogP contribution in [-0.4, -0.2) is 0 Å². The van der Waals surface area contributed by atoms with Crippen LogP contribution in [0.4, 0.5) is 0 Å². The molecular formula is C20H56Rb4. The van der Waals surface area contributed by atoms with Gasteiger partial charge >= 0.3 is 233 Å². The van der Waals surface area contributed by atoms with Crippen LogP contribution in [0.2, 0.25) is 0 Å². The smallest absolute Gasteiger partial charge is 1.00 e. The molecule has 0 aliphatic rings. The Bertz CT molecular complexity index is 45.9. The average molecular weight is 639 g/mol. The second kappa shape index (κ2) is 209. The molecule has 24 heavy (non-hydrogen) atoms. The van der Waals surface area contributed by atoms with E-state index in [-0.39, 0.29) is 264 Å². The Morgan fingerprint density at radius 3 is 0.625 bits per heavy atom. The summed E-state index contributed by atoms with van der Waals surface area (Å²) in [4.78, 5) is 0. The number of rotatable bonds is 0. The number of allylic oxidation sites excluding steroid dienone is 1. The van der Waals surface area contributed by atoms with Crippen LogP contribution in [0.15, 0.2) is 12.7 Å². The third-order valence-electron chi connectivity index (χ3n) is 0. The topological polar surface area (TPSA) is 0 Å². The van der Waals surface area contributed by atoms with Gasteiger partial charge in [-0.05, 0) is 6.92 Å². The van der Waals surface area contributed by atoms with Gasteiger partial charge < -0.3 is 22.2 Å². The first-order chi connectivity index (χ1) is 7.66. The van der Waals surface area contributed by atoms with Crippen molar-refractivity contribution in [2.75, 3.05) is 0 Å². The number of hydrogen-bond acceptors (Lipinski definition) is 0. The maximum Gasteiger partial charge on any atom is 1.00 e. The maximum absolute atomic E-state index is 3.49. The van der Waals surface area contributed by atoms with Gasteiger partial charge in [0, 0.05) is 0 Å². The summed E-state index contributed by atoms with van der Waals surface area (Å²) in [5.74, 6) is 0. The Labute approximate surface area is 361 Å². The summed E-state index contributed by atoms with van der Waals surface area (Å²) in [5, 5.41) is 0. The molecule has 0 atom stereocenters. The van der Waals surface area contributed by atoms with Crippen molar-refractivity contribution < 1.29 is 234 Å². The molecule has 0 saturated carbocycles. The molecule has 0 rings (SSSR count). The zero-order valence-electron chi connectivity index (χ0n) is 18.5. The minimum absolute atomic E-state index is 0. The van der Waals surface area contributed by atoms with Gasteiger partial charge in [-0.15, -0.1) is 6.58 Å². The van der Waals surface area contributed by atoms with E-state index >= 15 is 0 Å². The van der Waals surface area contributed by atoms with E-state index < -0.39 is 0 Å². The van der Waals surface area contributed by atoms with Crippen molar-refractivity contribution in [1.82, 2.24) is 0 Å². The zero-order chi connectivity index (χ0) is 14.8. The van der Waals surface area contributed by atoms with Crippen molar-refractivity contribution in [1.29, 1.82) is 0 Å². The van der Waals surface area contributed by atoms with Crippen LogP contribution in [0.5, 0.6) is 0 Å². The monoisotopic (exact) mass is 636 g/mol. The van der Waals surface area contributed by atoms with Gasteiger partial charge in [-0.2, -0.15) is 19.3 Å². The SMILES string of the molecule is C.C.C.C.C=CC.CC.CC.[CH2-]CC.[CH2-]CC.[CH2-]CC.[H-].[Rb+].[Rb+].[Rb+].[Rb+]. The summed E-state index contributed by atoms with van der Waals surface area (Å²) >= 11 is 0. The molecule has 0 unspecified atom stereocenters. The summed E-state index contributed by atoms with van der Waals surface area (Å²) in [5.41, 5.74) is 0. The summed E-state index contributed by atoms with van der Waals surface area (Å²) in [7, 11) is 0. The number of hydrogen-bond donors (Lipinski definition) is 0. The van der Waals surface area contributed by atoms with Crippen molar-refractivity contribution >= 4 is 0 Å². The van der Waals surface area contributed by atoms with E-state index in [2.05, 4.69) is 27.4 Å². The molecule has 0 heterocycles. The predicted octanol–water partition coefficient (Wildman–Crippen LogP) is -2.39. The molecule has 0 aromatic rings. The first-order valence-electron chi connectivity index (χ1n) is 6.61. The fourth-order valence-electron chi connectivity index (χ4n) is 0. The Morgan fingerprint density at radius 1 is 0.625 bits per heavy atom. The van der Waals surface area contributed by atoms with E-state index in [9.17, 15) is 0 Å². The molecule has 0 aromatic heterocycles. The minimum Gasteiger partial charge on any atom is -1.00 e. The Morgan fingerprint density at radius 2 is 0.625 bits per heavy atom. The molecule has 140 valence electrons. The van der Waals surface area contributed by atoms with E-state index in [4.69, 9.17) is 0 Å². The molecule has 0 amide bonds. The van der Waals surface area contributed by atoms with Crippen molar-refractivity contribution in [3.8, 4) is 0 Å². The molecule has 0 bridgehead atoms. The fourth-order valence-corrected chi connectivity index (χ4v) is 0. The Kier molecular flexibility index (Phi) is 842. The summed E-state index contributed by atoms with van der Waals surface area (Å²) in [6, 6.07) is 0. The second-order valence-corrected chi connectivity index (χ2v) is 1.91. The van der Waals surface area contributed by atoms with Gasteiger partial charge in [0.25, 0.3) is 0 Å². The molecule has 0 saturated heterocycles. The third kappa shape index (κ3) is 467. The molecular weight excluding hydrogens is 582 g/mol. The van der Waals surface area contributed by atoms with E-state index in [1.54, 1.807) is 6.08 Å². The van der Waals surface area contributed by atoms with E-state index in [0.29, 0.717) is 0 Å². The molecule has 0 fully saturated rings. The van der Waals surface area contributed by atoms with Gasteiger partial charge in [0.05, 0.1) is 0 Å². The first-order valence-corrected chi connectivity index (χ1v) is 6.61. The summed E-state index contributed by atoms with van der Waals surface area (Å²) < 4.78 is 0. The van der Waals surface area contributed by atoms with Crippen LogP contribution >= 0.6 is 0 Å². The van der Waals surface area contributed by atoms with Crippen LogP contribution in [0.3, 0.4) is 0 Å². The quantitative estimate of drug-likeness (QED) is 0.206. The molecule has 0 radical (unpaired) electrons. The molecule has 0 spiro atoms. The Balaban J connectivity index is -0.00000000347. The van der Waals surface area contributed by atoms with E-state index in [1.807, 2.05) is 55.4 Å². The fraction of sp³-hybridized carbons (Fsp3) is 0.750. The first kappa shape index (κ1) is 96.6. The van der Waals surface area contributed by atoms with Gasteiger partial charge in [-0.3, -0.25) is 0 Å². The largest absolute Gasteiger partial charge is 1.00 e. The van der Waals surface area contributed by atoms with E-state index in [1.165, 1.54) is 0 Å². The average Bonchev–Trinajstić information content (AvgIpc) is 2.27. The van der Waals surface area contributed by atoms with E-state index in [0.717, 1.165) is 19.3 Å². The molecule has 0 aromatic carbocycles. The van der Waals surface area contributed by atoms with Crippen LogP contribution in [0.1, 0.15) is 106 Å². The van der Waals surface area contributed by atoms with Crippen LogP contribution in [-0.2, 0) is 0 Å². The van der Waals surface area contributed by atoms with Crippen LogP contribution in [0.25, 0.3) is 0 Å². The van der Waals surface area contributed by atoms with Gasteiger partial charge in [-0.1, -0.05) is 84.2 Å². The van der Waals surface area contributed by atoms with Crippen molar-refractivity contribution in [2.24, 2.45) is 0 Å². The molecule has 0 aliphatic carbocycles. The van der Waals surface area contributed by atoms with Gasteiger partial charge in [-0.25, -0.2) is 0 Å². The standard InChI is InChI=1S/3C3H7.C3H6.2C2H6.4CH4.4Rb.H/c4*1-3-2;2*1-2;;;;;;;;;/h3*1,3H2,2H3;3H,1H2,2H3;2*1-2H3;4*1H4;;;;;/q3*-1;;;;;;;;4*+1;-1. The van der Waals surface area contributed by atoms with Crippen molar-refractivity contribution in [3.05, 3.63) is 33.4 Å². The third-order valence-corrected chi connectivity index (χ3v) is 0. The van der Waals surface area contributed by atoms with Crippen molar-refractivity contribution in [2.45, 2.75) is 104 Å². The Hall–Kier alpha value is 6.96. The minimum atomic E-state index is 0. The van der Waals surface area contributed by atoms with Gasteiger partial charge in [0.15, 0.2) is 0 Å². The normalized spacial score (nSPS) is 3.29. The van der Waals surface area contributed by atoms with Crippen LogP contribution in [0, 0.1) is 20.8 Å². The molecule has 4 heteroatoms. The second-order valence-electron chi connectivity index (χ2n) is 1.91. The molecule has 0 nitrogen and oxygen atoms in total.